The smallest absolute Gasteiger partial charge is 0.318 e. The van der Waals surface area contributed by atoms with Crippen molar-refractivity contribution in [3.63, 3.8) is 0 Å². The van der Waals surface area contributed by atoms with Crippen LogP contribution < -0.4 is 10.6 Å². The minimum atomic E-state index is -0.623. The molecule has 5 nitrogen and oxygen atoms in total. The molecule has 0 spiro atoms. The van der Waals surface area contributed by atoms with Crippen LogP contribution in [0.1, 0.15) is 25.8 Å². The third-order valence-electron chi connectivity index (χ3n) is 3.95. The van der Waals surface area contributed by atoms with Crippen molar-refractivity contribution in [1.29, 1.82) is 0 Å². The van der Waals surface area contributed by atoms with E-state index in [0.717, 1.165) is 6.42 Å². The number of benzene rings is 1. The predicted molar refractivity (Wildman–Crippen MR) is 78.3 cm³/mol. The van der Waals surface area contributed by atoms with Gasteiger partial charge < -0.3 is 15.5 Å². The fourth-order valence-corrected chi connectivity index (χ4v) is 2.59. The number of para-hydroxylation sites is 1. The molecule has 2 atom stereocenters. The van der Waals surface area contributed by atoms with E-state index < -0.39 is 11.9 Å². The average Bonchev–Trinajstić information content (AvgIpc) is 2.63. The van der Waals surface area contributed by atoms with E-state index in [9.17, 15) is 14.0 Å². The number of nitrogens with zero attached hydrogens (tertiary/aromatic N) is 1. The number of carbonyl (C=O) groups excluding carboxylic acids is 2. The zero-order valence-electron chi connectivity index (χ0n) is 12.4. The zero-order chi connectivity index (χ0) is 15.6. The Hall–Kier alpha value is -2.11. The van der Waals surface area contributed by atoms with E-state index in [1.807, 2.05) is 13.8 Å². The second kappa shape index (κ2) is 6.11. The molecule has 0 radical (unpaired) electrons. The van der Waals surface area contributed by atoms with Crippen LogP contribution in [0.3, 0.4) is 0 Å². The lowest BCUT2D eigenvalue weighted by molar-refractivity contribution is -0.121. The normalized spacial score (nSPS) is 19.3. The fourth-order valence-electron chi connectivity index (χ4n) is 2.59. The molecule has 1 aliphatic heterocycles. The van der Waals surface area contributed by atoms with Crippen LogP contribution in [0.15, 0.2) is 18.2 Å². The van der Waals surface area contributed by atoms with Gasteiger partial charge in [0, 0.05) is 7.05 Å². The van der Waals surface area contributed by atoms with Gasteiger partial charge in [-0.15, -0.1) is 0 Å². The molecule has 1 aliphatic rings. The summed E-state index contributed by atoms with van der Waals surface area (Å²) >= 11 is 0. The van der Waals surface area contributed by atoms with E-state index >= 15 is 0 Å². The molecule has 6 heteroatoms. The lowest BCUT2D eigenvalue weighted by atomic mass is 9.97. The molecule has 3 amide bonds. The summed E-state index contributed by atoms with van der Waals surface area (Å²) < 4.78 is 13.9. The third-order valence-corrected chi connectivity index (χ3v) is 3.95. The van der Waals surface area contributed by atoms with Crippen LogP contribution in [-0.2, 0) is 11.3 Å². The van der Waals surface area contributed by atoms with Gasteiger partial charge in [-0.25, -0.2) is 9.18 Å². The number of hydrogen-bond acceptors (Lipinski definition) is 2. The molecule has 0 aliphatic carbocycles. The number of hydrogen-bond donors (Lipinski definition) is 2. The van der Waals surface area contributed by atoms with Crippen LogP contribution in [0.25, 0.3) is 0 Å². The Labute approximate surface area is 123 Å². The summed E-state index contributed by atoms with van der Waals surface area (Å²) in [5.41, 5.74) is 0.764. The lowest BCUT2D eigenvalue weighted by Crippen LogP contribution is -2.51. The van der Waals surface area contributed by atoms with Gasteiger partial charge >= 0.3 is 6.03 Å². The number of urea groups is 1. The molecule has 114 valence electrons. The molecule has 2 unspecified atom stereocenters. The number of halogens is 1. The molecule has 0 aromatic heterocycles. The summed E-state index contributed by atoms with van der Waals surface area (Å²) in [5, 5.41) is 5.18. The topological polar surface area (TPSA) is 61.4 Å². The first-order valence-electron chi connectivity index (χ1n) is 7.06. The summed E-state index contributed by atoms with van der Waals surface area (Å²) in [5.74, 6) is -0.862. The molecule has 21 heavy (non-hydrogen) atoms. The highest BCUT2D eigenvalue weighted by atomic mass is 19.1. The summed E-state index contributed by atoms with van der Waals surface area (Å²) in [4.78, 5) is 26.1. The molecule has 0 saturated heterocycles. The number of fused-ring (bicyclic) bond motifs is 1. The van der Waals surface area contributed by atoms with Gasteiger partial charge in [-0.1, -0.05) is 32.4 Å². The van der Waals surface area contributed by atoms with Crippen molar-refractivity contribution < 1.29 is 14.0 Å². The molecule has 0 fully saturated rings. The molecule has 0 saturated carbocycles. The largest absolute Gasteiger partial charge is 0.341 e. The van der Waals surface area contributed by atoms with Crippen LogP contribution in [-0.4, -0.2) is 29.9 Å². The average molecular weight is 293 g/mol. The monoisotopic (exact) mass is 293 g/mol. The molecule has 1 heterocycles. The van der Waals surface area contributed by atoms with Crippen LogP contribution in [0.4, 0.5) is 14.9 Å². The van der Waals surface area contributed by atoms with Gasteiger partial charge in [-0.2, -0.15) is 0 Å². The van der Waals surface area contributed by atoms with E-state index in [1.165, 1.54) is 18.0 Å². The maximum atomic E-state index is 13.9. The van der Waals surface area contributed by atoms with Gasteiger partial charge in [0.2, 0.25) is 5.91 Å². The molecule has 2 N–H and O–H groups in total. The van der Waals surface area contributed by atoms with Crippen molar-refractivity contribution >= 4 is 17.6 Å². The number of amides is 3. The maximum Gasteiger partial charge on any atom is 0.318 e. The Balaban J connectivity index is 2.48. The van der Waals surface area contributed by atoms with Crippen LogP contribution in [0.2, 0.25) is 0 Å². The molecule has 2 rings (SSSR count). The Morgan fingerprint density at radius 3 is 2.90 bits per heavy atom. The first kappa shape index (κ1) is 15.3. The third kappa shape index (κ3) is 2.84. The first-order valence-corrected chi connectivity index (χ1v) is 7.06. The van der Waals surface area contributed by atoms with Crippen molar-refractivity contribution in [2.45, 2.75) is 32.9 Å². The van der Waals surface area contributed by atoms with E-state index in [-0.39, 0.29) is 30.1 Å². The number of rotatable bonds is 2. The molecular weight excluding hydrogens is 273 g/mol. The van der Waals surface area contributed by atoms with Crippen molar-refractivity contribution in [3.8, 4) is 0 Å². The molecular formula is C15H20FN3O2. The van der Waals surface area contributed by atoms with Crippen molar-refractivity contribution in [3.05, 3.63) is 29.6 Å². The molecule has 1 aromatic rings. The highest BCUT2D eigenvalue weighted by molar-refractivity contribution is 5.98. The molecule has 1 aromatic carbocycles. The highest BCUT2D eigenvalue weighted by Gasteiger charge is 2.36. The summed E-state index contributed by atoms with van der Waals surface area (Å²) in [6.07, 6.45) is 0.740. The van der Waals surface area contributed by atoms with Crippen molar-refractivity contribution in [1.82, 2.24) is 10.2 Å². The Morgan fingerprint density at radius 1 is 1.57 bits per heavy atom. The Kier molecular flexibility index (Phi) is 4.45. The maximum absolute atomic E-state index is 13.9. The van der Waals surface area contributed by atoms with Gasteiger partial charge in [-0.3, -0.25) is 4.79 Å². The van der Waals surface area contributed by atoms with E-state index in [0.29, 0.717) is 5.56 Å². The quantitative estimate of drug-likeness (QED) is 0.879. The number of anilines is 1. The highest BCUT2D eigenvalue weighted by Crippen LogP contribution is 2.29. The van der Waals surface area contributed by atoms with E-state index in [1.54, 1.807) is 12.1 Å². The SMILES string of the molecule is CCC(C)C1C(=O)Nc2c(F)cccc2CN1C(=O)NC. The molecule has 0 bridgehead atoms. The van der Waals surface area contributed by atoms with Gasteiger partial charge in [-0.05, 0) is 17.5 Å². The lowest BCUT2D eigenvalue weighted by Gasteiger charge is -2.31. The minimum Gasteiger partial charge on any atom is -0.341 e. The standard InChI is InChI=1S/C15H20FN3O2/c1-4-9(2)13-14(20)18-12-10(6-5-7-11(12)16)8-19(13)15(21)17-3/h5-7,9,13H,4,8H2,1-3H3,(H,17,21)(H,18,20). The Morgan fingerprint density at radius 2 is 2.29 bits per heavy atom. The fraction of sp³-hybridized carbons (Fsp3) is 0.467. The van der Waals surface area contributed by atoms with Crippen molar-refractivity contribution in [2.24, 2.45) is 5.92 Å². The predicted octanol–water partition coefficient (Wildman–Crippen LogP) is 2.33. The zero-order valence-corrected chi connectivity index (χ0v) is 12.4. The number of carbonyl (C=O) groups is 2. The second-order valence-electron chi connectivity index (χ2n) is 5.28. The van der Waals surface area contributed by atoms with Gasteiger partial charge in [0.15, 0.2) is 0 Å². The summed E-state index contributed by atoms with van der Waals surface area (Å²) in [6.45, 7) is 4.06. The van der Waals surface area contributed by atoms with Gasteiger partial charge in [0.05, 0.1) is 12.2 Å². The van der Waals surface area contributed by atoms with Crippen LogP contribution in [0.5, 0.6) is 0 Å². The van der Waals surface area contributed by atoms with Crippen LogP contribution >= 0.6 is 0 Å². The second-order valence-corrected chi connectivity index (χ2v) is 5.28. The summed E-state index contributed by atoms with van der Waals surface area (Å²) in [7, 11) is 1.52. The van der Waals surface area contributed by atoms with Gasteiger partial charge in [0.1, 0.15) is 11.9 Å². The van der Waals surface area contributed by atoms with Crippen LogP contribution in [0, 0.1) is 11.7 Å². The minimum absolute atomic E-state index is 0.0281. The summed E-state index contributed by atoms with van der Waals surface area (Å²) in [6, 6.07) is 3.63. The van der Waals surface area contributed by atoms with E-state index in [2.05, 4.69) is 10.6 Å². The Bertz CT molecular complexity index is 562. The number of nitrogens with one attached hydrogen (secondary N) is 2. The van der Waals surface area contributed by atoms with E-state index in [4.69, 9.17) is 0 Å². The van der Waals surface area contributed by atoms with Gasteiger partial charge in [0.25, 0.3) is 0 Å². The first-order chi connectivity index (χ1) is 9.99. The van der Waals surface area contributed by atoms with Crippen molar-refractivity contribution in [2.75, 3.05) is 12.4 Å².